The van der Waals surface area contributed by atoms with Crippen molar-refractivity contribution in [2.45, 2.75) is 6.92 Å². The van der Waals surface area contributed by atoms with Gasteiger partial charge in [0.2, 0.25) is 11.9 Å². The number of anilines is 3. The third kappa shape index (κ3) is 5.12. The zero-order valence-corrected chi connectivity index (χ0v) is 22.1. The fraction of sp³-hybridized carbons (Fsp3) is 0.148. The van der Waals surface area contributed by atoms with Gasteiger partial charge >= 0.3 is 0 Å². The summed E-state index contributed by atoms with van der Waals surface area (Å²) in [6.45, 7) is 5.42. The lowest BCUT2D eigenvalue weighted by Gasteiger charge is -2.18. The molecule has 10 heteroatoms. The van der Waals surface area contributed by atoms with Gasteiger partial charge in [0.15, 0.2) is 0 Å². The molecule has 37 heavy (non-hydrogen) atoms. The number of benzene rings is 3. The Labute approximate surface area is 224 Å². The first-order valence-electron chi connectivity index (χ1n) is 11.1. The molecular formula is C27H24Cl2N4O4. The van der Waals surface area contributed by atoms with E-state index in [2.05, 4.69) is 27.2 Å². The number of aryl methyl sites for hydroxylation is 1. The number of methoxy groups -OCH3 is 3. The van der Waals surface area contributed by atoms with Crippen LogP contribution >= 0.6 is 23.2 Å². The number of rotatable bonds is 8. The first-order chi connectivity index (χ1) is 17.8. The molecule has 3 aromatic carbocycles. The Hall–Kier alpha value is -4.01. The summed E-state index contributed by atoms with van der Waals surface area (Å²) in [5.41, 5.74) is 3.89. The van der Waals surface area contributed by atoms with Crippen molar-refractivity contribution in [3.05, 3.63) is 70.9 Å². The molecular weight excluding hydrogens is 515 g/mol. The first kappa shape index (κ1) is 26.1. The molecule has 0 atom stereocenters. The van der Waals surface area contributed by atoms with Gasteiger partial charge in [-0.3, -0.25) is 4.79 Å². The molecule has 0 aliphatic rings. The van der Waals surface area contributed by atoms with Gasteiger partial charge in [-0.15, -0.1) is 0 Å². The van der Waals surface area contributed by atoms with Gasteiger partial charge in [0.05, 0.1) is 48.3 Å². The van der Waals surface area contributed by atoms with Crippen LogP contribution in [0.2, 0.25) is 10.0 Å². The van der Waals surface area contributed by atoms with Crippen LogP contribution in [0.25, 0.3) is 22.0 Å². The number of para-hydroxylation sites is 1. The second-order valence-corrected chi connectivity index (χ2v) is 8.66. The maximum absolute atomic E-state index is 11.9. The van der Waals surface area contributed by atoms with E-state index in [1.165, 1.54) is 20.3 Å². The molecule has 2 N–H and O–H groups in total. The van der Waals surface area contributed by atoms with Gasteiger partial charge in [-0.2, -0.15) is 0 Å². The van der Waals surface area contributed by atoms with Crippen molar-refractivity contribution in [2.75, 3.05) is 32.0 Å². The minimum absolute atomic E-state index is 0.318. The highest BCUT2D eigenvalue weighted by Gasteiger charge is 2.22. The van der Waals surface area contributed by atoms with Gasteiger partial charge in [0, 0.05) is 34.8 Å². The number of halogens is 2. The topological polar surface area (TPSA) is 94.6 Å². The number of nitrogens with zero attached hydrogens (tertiary/aromatic N) is 2. The van der Waals surface area contributed by atoms with Gasteiger partial charge < -0.3 is 24.8 Å². The van der Waals surface area contributed by atoms with Crippen LogP contribution < -0.4 is 24.8 Å². The van der Waals surface area contributed by atoms with Gasteiger partial charge in [-0.25, -0.2) is 9.97 Å². The Morgan fingerprint density at radius 2 is 1.68 bits per heavy atom. The Balaban J connectivity index is 1.81. The van der Waals surface area contributed by atoms with Crippen LogP contribution in [0, 0.1) is 6.92 Å². The number of carbonyl (C=O) groups is 1. The smallest absolute Gasteiger partial charge is 0.247 e. The van der Waals surface area contributed by atoms with E-state index in [0.717, 1.165) is 10.9 Å². The van der Waals surface area contributed by atoms with Crippen molar-refractivity contribution in [1.82, 2.24) is 9.97 Å². The largest absolute Gasteiger partial charge is 0.496 e. The van der Waals surface area contributed by atoms with E-state index in [-0.39, 0.29) is 5.91 Å². The molecule has 0 aliphatic carbocycles. The molecule has 4 rings (SSSR count). The van der Waals surface area contributed by atoms with Crippen LogP contribution in [0.5, 0.6) is 17.2 Å². The predicted octanol–water partition coefficient (Wildman–Crippen LogP) is 6.81. The van der Waals surface area contributed by atoms with Crippen molar-refractivity contribution >= 4 is 57.3 Å². The molecule has 0 saturated heterocycles. The van der Waals surface area contributed by atoms with E-state index in [1.807, 2.05) is 25.1 Å². The maximum atomic E-state index is 11.9. The van der Waals surface area contributed by atoms with E-state index in [1.54, 1.807) is 31.5 Å². The van der Waals surface area contributed by atoms with Crippen LogP contribution in [0.1, 0.15) is 5.56 Å². The molecule has 0 unspecified atom stereocenters. The Bertz CT molecular complexity index is 1500. The van der Waals surface area contributed by atoms with Crippen molar-refractivity contribution in [2.24, 2.45) is 0 Å². The van der Waals surface area contributed by atoms with Gasteiger partial charge in [-0.05, 0) is 30.7 Å². The zero-order chi connectivity index (χ0) is 26.7. The SMILES string of the molecule is C=CC(=O)Nc1cccc(C)c1Nc1ncc2cc(-c3c(Cl)c(OC)cc(OC)c3Cl)c(OC)cc2n1. The van der Waals surface area contributed by atoms with Gasteiger partial charge in [0.1, 0.15) is 17.2 Å². The number of hydrogen-bond acceptors (Lipinski definition) is 7. The van der Waals surface area contributed by atoms with Crippen molar-refractivity contribution in [3.8, 4) is 28.4 Å². The second-order valence-electron chi connectivity index (χ2n) is 7.90. The highest BCUT2D eigenvalue weighted by molar-refractivity contribution is 6.41. The minimum Gasteiger partial charge on any atom is -0.496 e. The lowest BCUT2D eigenvalue weighted by Crippen LogP contribution is -2.10. The number of fused-ring (bicyclic) bond motifs is 1. The fourth-order valence-electron chi connectivity index (χ4n) is 3.84. The molecule has 0 bridgehead atoms. The predicted molar refractivity (Wildman–Crippen MR) is 148 cm³/mol. The lowest BCUT2D eigenvalue weighted by molar-refractivity contribution is -0.111. The Morgan fingerprint density at radius 3 is 2.30 bits per heavy atom. The normalized spacial score (nSPS) is 10.6. The van der Waals surface area contributed by atoms with Crippen LogP contribution in [0.15, 0.2) is 55.3 Å². The Morgan fingerprint density at radius 1 is 1.00 bits per heavy atom. The number of ether oxygens (including phenoxy) is 3. The van der Waals surface area contributed by atoms with E-state index in [0.29, 0.717) is 61.3 Å². The highest BCUT2D eigenvalue weighted by atomic mass is 35.5. The van der Waals surface area contributed by atoms with Crippen molar-refractivity contribution < 1.29 is 19.0 Å². The number of nitrogens with one attached hydrogen (secondary N) is 2. The summed E-state index contributed by atoms with van der Waals surface area (Å²) >= 11 is 13.3. The molecule has 1 amide bonds. The zero-order valence-electron chi connectivity index (χ0n) is 20.6. The standard InChI is InChI=1S/C27H24Cl2N4O4/c1-6-22(34)31-17-9-7-8-14(2)26(17)33-27-30-13-15-10-16(19(35-3)11-18(15)32-27)23-24(28)20(36-4)12-21(37-5)25(23)29/h6-13H,1H2,2-5H3,(H,31,34)(H,30,32,33). The number of amides is 1. The summed E-state index contributed by atoms with van der Waals surface area (Å²) in [5.74, 6) is 1.33. The average Bonchev–Trinajstić information content (AvgIpc) is 2.90. The highest BCUT2D eigenvalue weighted by Crippen LogP contribution is 2.49. The molecule has 0 spiro atoms. The van der Waals surface area contributed by atoms with Crippen molar-refractivity contribution in [3.63, 3.8) is 0 Å². The molecule has 0 fully saturated rings. The summed E-state index contributed by atoms with van der Waals surface area (Å²) < 4.78 is 16.5. The third-order valence-electron chi connectivity index (χ3n) is 5.70. The number of aromatic nitrogens is 2. The molecule has 1 aromatic heterocycles. The van der Waals surface area contributed by atoms with Crippen LogP contribution in [-0.4, -0.2) is 37.2 Å². The van der Waals surface area contributed by atoms with E-state index in [4.69, 9.17) is 37.4 Å². The quantitative estimate of drug-likeness (QED) is 0.238. The molecule has 190 valence electrons. The third-order valence-corrected chi connectivity index (χ3v) is 6.45. The lowest BCUT2D eigenvalue weighted by atomic mass is 10.0. The molecule has 8 nitrogen and oxygen atoms in total. The summed E-state index contributed by atoms with van der Waals surface area (Å²) in [5, 5.41) is 7.36. The second kappa shape index (κ2) is 10.9. The summed E-state index contributed by atoms with van der Waals surface area (Å²) in [6, 6.07) is 10.8. The monoisotopic (exact) mass is 538 g/mol. The van der Waals surface area contributed by atoms with Crippen molar-refractivity contribution in [1.29, 1.82) is 0 Å². The molecule has 4 aromatic rings. The minimum atomic E-state index is -0.322. The molecule has 0 aliphatic heterocycles. The van der Waals surface area contributed by atoms with E-state index < -0.39 is 0 Å². The number of carbonyl (C=O) groups excluding carboxylic acids is 1. The Kier molecular flexibility index (Phi) is 7.71. The molecule has 0 saturated carbocycles. The van der Waals surface area contributed by atoms with E-state index >= 15 is 0 Å². The summed E-state index contributed by atoms with van der Waals surface area (Å²) in [4.78, 5) is 21.0. The fourth-order valence-corrected chi connectivity index (χ4v) is 4.54. The molecule has 0 radical (unpaired) electrons. The first-order valence-corrected chi connectivity index (χ1v) is 11.8. The van der Waals surface area contributed by atoms with Gasteiger partial charge in [-0.1, -0.05) is 41.9 Å². The summed E-state index contributed by atoms with van der Waals surface area (Å²) in [7, 11) is 4.58. The average molecular weight is 539 g/mol. The summed E-state index contributed by atoms with van der Waals surface area (Å²) in [6.07, 6.45) is 2.88. The maximum Gasteiger partial charge on any atom is 0.247 e. The van der Waals surface area contributed by atoms with Crippen LogP contribution in [-0.2, 0) is 4.79 Å². The van der Waals surface area contributed by atoms with Crippen LogP contribution in [0.4, 0.5) is 17.3 Å². The van der Waals surface area contributed by atoms with E-state index in [9.17, 15) is 4.79 Å². The van der Waals surface area contributed by atoms with Gasteiger partial charge in [0.25, 0.3) is 0 Å². The molecule has 1 heterocycles. The number of hydrogen-bond donors (Lipinski definition) is 2. The van der Waals surface area contributed by atoms with Crippen LogP contribution in [0.3, 0.4) is 0 Å².